The summed E-state index contributed by atoms with van der Waals surface area (Å²) >= 11 is 6.07. The van der Waals surface area contributed by atoms with Gasteiger partial charge in [0.2, 0.25) is 0 Å². The highest BCUT2D eigenvalue weighted by atomic mass is 35.5. The second kappa shape index (κ2) is 7.44. The largest absolute Gasteiger partial charge is 0.495 e. The van der Waals surface area contributed by atoms with Crippen LogP contribution in [0.15, 0.2) is 59.2 Å². The first kappa shape index (κ1) is 18.8. The summed E-state index contributed by atoms with van der Waals surface area (Å²) < 4.78 is 10.3. The molecule has 1 aliphatic rings. The molecule has 0 saturated heterocycles. The molecule has 0 atom stereocenters. The van der Waals surface area contributed by atoms with Crippen molar-refractivity contribution in [2.75, 3.05) is 12.4 Å². The highest BCUT2D eigenvalue weighted by molar-refractivity contribution is 6.32. The van der Waals surface area contributed by atoms with Crippen LogP contribution in [0.5, 0.6) is 5.75 Å². The molecule has 0 spiro atoms. The van der Waals surface area contributed by atoms with Crippen LogP contribution in [-0.2, 0) is 6.54 Å². The minimum atomic E-state index is -0.469. The monoisotopic (exact) mass is 410 g/mol. The van der Waals surface area contributed by atoms with Crippen LogP contribution in [0.3, 0.4) is 0 Å². The van der Waals surface area contributed by atoms with E-state index in [9.17, 15) is 14.4 Å². The van der Waals surface area contributed by atoms with Crippen molar-refractivity contribution in [1.82, 2.24) is 4.90 Å². The van der Waals surface area contributed by atoms with E-state index in [4.69, 9.17) is 20.8 Å². The van der Waals surface area contributed by atoms with Crippen LogP contribution in [0.2, 0.25) is 5.02 Å². The molecule has 0 fully saturated rings. The Morgan fingerprint density at radius 1 is 1.10 bits per heavy atom. The number of hydrogen-bond donors (Lipinski definition) is 1. The van der Waals surface area contributed by atoms with E-state index in [0.717, 1.165) is 4.90 Å². The summed E-state index contributed by atoms with van der Waals surface area (Å²) in [7, 11) is 1.50. The zero-order valence-electron chi connectivity index (χ0n) is 15.3. The number of fused-ring (bicyclic) bond motifs is 1. The van der Waals surface area contributed by atoms with Gasteiger partial charge in [0.15, 0.2) is 0 Å². The number of carbonyl (C=O) groups is 3. The predicted molar refractivity (Wildman–Crippen MR) is 105 cm³/mol. The van der Waals surface area contributed by atoms with Gasteiger partial charge in [0.25, 0.3) is 17.7 Å². The first-order valence-electron chi connectivity index (χ1n) is 8.65. The topological polar surface area (TPSA) is 88.8 Å². The van der Waals surface area contributed by atoms with Gasteiger partial charge in [-0.15, -0.1) is 0 Å². The van der Waals surface area contributed by atoms with Crippen LogP contribution < -0.4 is 10.1 Å². The van der Waals surface area contributed by atoms with Crippen LogP contribution in [0, 0.1) is 0 Å². The van der Waals surface area contributed by atoms with Crippen molar-refractivity contribution in [2.24, 2.45) is 0 Å². The SMILES string of the molecule is COc1ccc(NC(=O)c2ccc3c(c2)C(=O)N(Cc2ccco2)C3=O)cc1Cl. The average molecular weight is 411 g/mol. The van der Waals surface area contributed by atoms with Gasteiger partial charge < -0.3 is 14.5 Å². The lowest BCUT2D eigenvalue weighted by molar-refractivity contribution is 0.0631. The molecule has 146 valence electrons. The summed E-state index contributed by atoms with van der Waals surface area (Å²) in [5, 5.41) is 3.07. The van der Waals surface area contributed by atoms with E-state index < -0.39 is 17.7 Å². The van der Waals surface area contributed by atoms with Crippen LogP contribution >= 0.6 is 11.6 Å². The van der Waals surface area contributed by atoms with Crippen molar-refractivity contribution in [1.29, 1.82) is 0 Å². The first-order chi connectivity index (χ1) is 14.0. The van der Waals surface area contributed by atoms with Crippen molar-refractivity contribution in [3.8, 4) is 5.75 Å². The first-order valence-corrected chi connectivity index (χ1v) is 9.03. The van der Waals surface area contributed by atoms with Gasteiger partial charge in [-0.2, -0.15) is 0 Å². The molecule has 3 aromatic rings. The number of ether oxygens (including phenoxy) is 1. The van der Waals surface area contributed by atoms with E-state index in [1.54, 1.807) is 30.3 Å². The van der Waals surface area contributed by atoms with Gasteiger partial charge in [0.05, 0.1) is 36.1 Å². The lowest BCUT2D eigenvalue weighted by atomic mass is 10.1. The van der Waals surface area contributed by atoms with E-state index in [2.05, 4.69) is 5.32 Å². The van der Waals surface area contributed by atoms with Gasteiger partial charge in [-0.05, 0) is 48.5 Å². The zero-order chi connectivity index (χ0) is 20.5. The molecule has 1 aromatic heterocycles. The summed E-state index contributed by atoms with van der Waals surface area (Å²) in [6, 6.07) is 12.6. The van der Waals surface area contributed by atoms with E-state index in [1.807, 2.05) is 0 Å². The fraction of sp³-hybridized carbons (Fsp3) is 0.0952. The third-order valence-corrected chi connectivity index (χ3v) is 4.83. The van der Waals surface area contributed by atoms with E-state index in [1.165, 1.54) is 31.6 Å². The molecule has 29 heavy (non-hydrogen) atoms. The number of halogens is 1. The smallest absolute Gasteiger partial charge is 0.261 e. The highest BCUT2D eigenvalue weighted by Crippen LogP contribution is 2.29. The van der Waals surface area contributed by atoms with Crippen LogP contribution in [-0.4, -0.2) is 29.7 Å². The second-order valence-corrected chi connectivity index (χ2v) is 6.75. The standard InChI is InChI=1S/C21H15ClN2O5/c1-28-18-7-5-13(10-17(18)22)23-19(25)12-4-6-15-16(9-12)21(27)24(20(15)26)11-14-3-2-8-29-14/h2-10H,11H2,1H3,(H,23,25). The Balaban J connectivity index is 1.55. The molecular formula is C21H15ClN2O5. The Morgan fingerprint density at radius 3 is 2.59 bits per heavy atom. The predicted octanol–water partition coefficient (Wildman–Crippen LogP) is 3.99. The maximum atomic E-state index is 12.7. The highest BCUT2D eigenvalue weighted by Gasteiger charge is 2.36. The molecule has 0 aliphatic carbocycles. The Labute approximate surface area is 170 Å². The molecule has 0 unspecified atom stereocenters. The number of nitrogens with one attached hydrogen (secondary N) is 1. The van der Waals surface area contributed by atoms with Crippen molar-refractivity contribution in [2.45, 2.75) is 6.54 Å². The number of rotatable bonds is 5. The number of nitrogens with zero attached hydrogens (tertiary/aromatic N) is 1. The molecule has 4 rings (SSSR count). The van der Waals surface area contributed by atoms with Gasteiger partial charge in [-0.3, -0.25) is 19.3 Å². The van der Waals surface area contributed by atoms with E-state index >= 15 is 0 Å². The van der Waals surface area contributed by atoms with Crippen LogP contribution in [0.1, 0.15) is 36.8 Å². The lowest BCUT2D eigenvalue weighted by Gasteiger charge is -2.11. The number of imide groups is 1. The number of benzene rings is 2. The average Bonchev–Trinajstić information content (AvgIpc) is 3.31. The summed E-state index contributed by atoms with van der Waals surface area (Å²) in [5.41, 5.74) is 1.16. The fourth-order valence-electron chi connectivity index (χ4n) is 3.08. The number of hydrogen-bond acceptors (Lipinski definition) is 5. The number of amides is 3. The minimum absolute atomic E-state index is 0.0330. The molecule has 2 aromatic carbocycles. The molecule has 0 bridgehead atoms. The fourth-order valence-corrected chi connectivity index (χ4v) is 3.34. The van der Waals surface area contributed by atoms with Crippen molar-refractivity contribution in [3.63, 3.8) is 0 Å². The lowest BCUT2D eigenvalue weighted by Crippen LogP contribution is -2.28. The van der Waals surface area contributed by atoms with E-state index in [-0.39, 0.29) is 23.2 Å². The molecule has 0 radical (unpaired) electrons. The van der Waals surface area contributed by atoms with Crippen LogP contribution in [0.25, 0.3) is 0 Å². The van der Waals surface area contributed by atoms with Crippen LogP contribution in [0.4, 0.5) is 5.69 Å². The molecule has 1 aliphatic heterocycles. The molecule has 7 nitrogen and oxygen atoms in total. The molecule has 2 heterocycles. The zero-order valence-corrected chi connectivity index (χ0v) is 16.0. The van der Waals surface area contributed by atoms with E-state index in [0.29, 0.717) is 22.2 Å². The minimum Gasteiger partial charge on any atom is -0.495 e. The Bertz CT molecular complexity index is 1120. The molecule has 3 amide bonds. The number of furan rings is 1. The molecular weight excluding hydrogens is 396 g/mol. The van der Waals surface area contributed by atoms with Gasteiger partial charge in [-0.25, -0.2) is 0 Å². The van der Waals surface area contributed by atoms with Gasteiger partial charge in [0, 0.05) is 11.3 Å². The summed E-state index contributed by atoms with van der Waals surface area (Å²) in [4.78, 5) is 38.9. The molecule has 1 N–H and O–H groups in total. The quantitative estimate of drug-likeness (QED) is 0.642. The number of anilines is 1. The third-order valence-electron chi connectivity index (χ3n) is 4.54. The van der Waals surface area contributed by atoms with Crippen molar-refractivity contribution >= 4 is 35.0 Å². The Hall–Kier alpha value is -3.58. The number of methoxy groups -OCH3 is 1. The maximum absolute atomic E-state index is 12.7. The van der Waals surface area contributed by atoms with Crippen molar-refractivity contribution in [3.05, 3.63) is 82.3 Å². The third kappa shape index (κ3) is 3.48. The normalized spacial score (nSPS) is 12.8. The van der Waals surface area contributed by atoms with Gasteiger partial charge in [-0.1, -0.05) is 11.6 Å². The molecule has 0 saturated carbocycles. The summed E-state index contributed by atoms with van der Waals surface area (Å²) in [6.45, 7) is 0.0330. The summed E-state index contributed by atoms with van der Waals surface area (Å²) in [6.07, 6.45) is 1.47. The second-order valence-electron chi connectivity index (χ2n) is 6.34. The Kier molecular flexibility index (Phi) is 4.82. The maximum Gasteiger partial charge on any atom is 0.261 e. The van der Waals surface area contributed by atoms with Crippen molar-refractivity contribution < 1.29 is 23.5 Å². The number of carbonyl (C=O) groups excluding carboxylic acids is 3. The summed E-state index contributed by atoms with van der Waals surface area (Å²) in [5.74, 6) is -0.339. The Morgan fingerprint density at radius 2 is 1.90 bits per heavy atom. The molecule has 8 heteroatoms. The van der Waals surface area contributed by atoms with Gasteiger partial charge >= 0.3 is 0 Å². The van der Waals surface area contributed by atoms with Gasteiger partial charge in [0.1, 0.15) is 11.5 Å².